The summed E-state index contributed by atoms with van der Waals surface area (Å²) in [6.45, 7) is 1.82. The number of nitrogens with one attached hydrogen (secondary N) is 1. The molecule has 8 heteroatoms. The minimum absolute atomic E-state index is 0.0485. The molecule has 0 aliphatic carbocycles. The molecule has 0 rings (SSSR count). The van der Waals surface area contributed by atoms with E-state index in [1.165, 1.54) is 0 Å². The molecule has 1 atom stereocenters. The number of hydrogen-bond donors (Lipinski definition) is 2. The first kappa shape index (κ1) is 14.8. The molecule has 0 bridgehead atoms. The number of sulfone groups is 1. The Morgan fingerprint density at radius 2 is 1.80 bits per heavy atom. The van der Waals surface area contributed by atoms with Crippen LogP contribution >= 0.6 is 0 Å². The first-order chi connectivity index (χ1) is 6.66. The van der Waals surface area contributed by atoms with E-state index in [0.29, 0.717) is 6.42 Å². The Labute approximate surface area is 90.7 Å². The van der Waals surface area contributed by atoms with Gasteiger partial charge in [-0.15, -0.1) is 0 Å². The van der Waals surface area contributed by atoms with Crippen LogP contribution in [0.5, 0.6) is 0 Å². The maximum Gasteiger partial charge on any atom is 0.226 e. The van der Waals surface area contributed by atoms with Crippen molar-refractivity contribution >= 4 is 19.9 Å². The van der Waals surface area contributed by atoms with Crippen molar-refractivity contribution in [3.63, 3.8) is 0 Å². The molecule has 0 saturated heterocycles. The van der Waals surface area contributed by atoms with Gasteiger partial charge in [0, 0.05) is 12.8 Å². The van der Waals surface area contributed by atoms with Crippen molar-refractivity contribution in [2.45, 2.75) is 25.9 Å². The minimum atomic E-state index is -3.79. The van der Waals surface area contributed by atoms with Gasteiger partial charge < -0.3 is 5.11 Å². The van der Waals surface area contributed by atoms with E-state index in [-0.39, 0.29) is 13.0 Å². The Bertz CT molecular complexity index is 372. The highest BCUT2D eigenvalue weighted by Gasteiger charge is 2.17. The van der Waals surface area contributed by atoms with Crippen molar-refractivity contribution < 1.29 is 21.9 Å². The zero-order chi connectivity index (χ0) is 12.1. The monoisotopic (exact) mass is 259 g/mol. The second-order valence-electron chi connectivity index (χ2n) is 3.40. The molecule has 0 amide bonds. The zero-order valence-corrected chi connectivity index (χ0v) is 10.4. The highest BCUT2D eigenvalue weighted by atomic mass is 32.3. The number of aliphatic hydroxyl groups is 1. The minimum Gasteiger partial charge on any atom is -0.393 e. The number of rotatable bonds is 7. The molecule has 0 aromatic rings. The maximum absolute atomic E-state index is 11.1. The lowest BCUT2D eigenvalue weighted by molar-refractivity contribution is 0.162. The van der Waals surface area contributed by atoms with Crippen molar-refractivity contribution in [1.82, 2.24) is 4.72 Å². The molecular weight excluding hydrogens is 242 g/mol. The third-order valence-electron chi connectivity index (χ3n) is 1.64. The molecule has 0 heterocycles. The molecule has 0 fully saturated rings. The van der Waals surface area contributed by atoms with E-state index < -0.39 is 31.0 Å². The van der Waals surface area contributed by atoms with Gasteiger partial charge >= 0.3 is 0 Å². The summed E-state index contributed by atoms with van der Waals surface area (Å²) in [5.74, 6) is 0. The molecule has 0 aromatic heterocycles. The molecule has 1 unspecified atom stereocenters. The predicted octanol–water partition coefficient (Wildman–Crippen LogP) is -0.931. The van der Waals surface area contributed by atoms with Crippen LogP contribution in [0.4, 0.5) is 0 Å². The van der Waals surface area contributed by atoms with Gasteiger partial charge in [-0.25, -0.2) is 21.6 Å². The Hall–Kier alpha value is -0.180. The SMILES string of the molecule is CCC(O)CCNS(=O)(=O)CS(C)(=O)=O. The summed E-state index contributed by atoms with van der Waals surface area (Å²) < 4.78 is 45.9. The topological polar surface area (TPSA) is 101 Å². The van der Waals surface area contributed by atoms with E-state index in [4.69, 9.17) is 5.11 Å². The highest BCUT2D eigenvalue weighted by molar-refractivity contribution is 8.06. The van der Waals surface area contributed by atoms with Crippen molar-refractivity contribution in [1.29, 1.82) is 0 Å². The van der Waals surface area contributed by atoms with Crippen LogP contribution in [0.25, 0.3) is 0 Å². The van der Waals surface area contributed by atoms with E-state index in [1.54, 1.807) is 6.92 Å². The van der Waals surface area contributed by atoms with Gasteiger partial charge in [-0.2, -0.15) is 0 Å². The van der Waals surface area contributed by atoms with Gasteiger partial charge in [0.25, 0.3) is 0 Å². The first-order valence-electron chi connectivity index (χ1n) is 4.49. The Morgan fingerprint density at radius 1 is 1.27 bits per heavy atom. The van der Waals surface area contributed by atoms with E-state index in [0.717, 1.165) is 6.26 Å². The normalized spacial score (nSPS) is 15.1. The van der Waals surface area contributed by atoms with Crippen LogP contribution in [0.1, 0.15) is 19.8 Å². The Kier molecular flexibility index (Phi) is 5.71. The molecule has 0 saturated carbocycles. The van der Waals surface area contributed by atoms with Gasteiger partial charge in [0.15, 0.2) is 14.9 Å². The molecule has 0 spiro atoms. The number of aliphatic hydroxyl groups excluding tert-OH is 1. The fraction of sp³-hybridized carbons (Fsp3) is 1.00. The third kappa shape index (κ3) is 8.79. The van der Waals surface area contributed by atoms with E-state index in [9.17, 15) is 16.8 Å². The van der Waals surface area contributed by atoms with Crippen molar-refractivity contribution in [3.05, 3.63) is 0 Å². The van der Waals surface area contributed by atoms with E-state index >= 15 is 0 Å². The van der Waals surface area contributed by atoms with Crippen LogP contribution in [-0.4, -0.2) is 45.9 Å². The standard InChI is InChI=1S/C7H17NO5S2/c1-3-7(9)4-5-8-15(12,13)6-14(2,10)11/h7-9H,3-6H2,1-2H3. The summed E-state index contributed by atoms with van der Waals surface area (Å²) in [7, 11) is -7.34. The summed E-state index contributed by atoms with van der Waals surface area (Å²) in [5.41, 5.74) is 0. The lowest BCUT2D eigenvalue weighted by atomic mass is 10.2. The number of hydrogen-bond acceptors (Lipinski definition) is 5. The summed E-state index contributed by atoms with van der Waals surface area (Å²) in [6, 6.07) is 0. The zero-order valence-electron chi connectivity index (χ0n) is 8.80. The summed E-state index contributed by atoms with van der Waals surface area (Å²) in [6.07, 6.45) is 1.10. The average molecular weight is 259 g/mol. The highest BCUT2D eigenvalue weighted by Crippen LogP contribution is 1.97. The number of sulfonamides is 1. The van der Waals surface area contributed by atoms with Crippen LogP contribution in [0.15, 0.2) is 0 Å². The van der Waals surface area contributed by atoms with E-state index in [2.05, 4.69) is 4.72 Å². The van der Waals surface area contributed by atoms with Gasteiger partial charge in [-0.3, -0.25) is 0 Å². The molecule has 15 heavy (non-hydrogen) atoms. The summed E-state index contributed by atoms with van der Waals surface area (Å²) >= 11 is 0. The third-order valence-corrected chi connectivity index (χ3v) is 5.24. The second-order valence-corrected chi connectivity index (χ2v) is 7.72. The molecular formula is C7H17NO5S2. The molecule has 0 aliphatic heterocycles. The summed E-state index contributed by atoms with van der Waals surface area (Å²) in [4.78, 5) is 0. The quantitative estimate of drug-likeness (QED) is 0.615. The summed E-state index contributed by atoms with van der Waals surface area (Å²) in [5, 5.41) is 8.22. The van der Waals surface area contributed by atoms with Gasteiger partial charge in [-0.1, -0.05) is 6.92 Å². The molecule has 6 nitrogen and oxygen atoms in total. The maximum atomic E-state index is 11.1. The first-order valence-corrected chi connectivity index (χ1v) is 8.20. The fourth-order valence-corrected chi connectivity index (χ4v) is 3.93. The van der Waals surface area contributed by atoms with Crippen LogP contribution < -0.4 is 4.72 Å². The fourth-order valence-electron chi connectivity index (χ4n) is 0.909. The lowest BCUT2D eigenvalue weighted by Gasteiger charge is -2.08. The van der Waals surface area contributed by atoms with Gasteiger partial charge in [0.2, 0.25) is 10.0 Å². The van der Waals surface area contributed by atoms with Crippen LogP contribution in [-0.2, 0) is 19.9 Å². The Balaban J connectivity index is 4.07. The predicted molar refractivity (Wildman–Crippen MR) is 57.5 cm³/mol. The van der Waals surface area contributed by atoms with Gasteiger partial charge in [0.1, 0.15) is 0 Å². The lowest BCUT2D eigenvalue weighted by Crippen LogP contribution is -2.31. The molecule has 92 valence electrons. The van der Waals surface area contributed by atoms with Crippen LogP contribution in [0.2, 0.25) is 0 Å². The van der Waals surface area contributed by atoms with Crippen LogP contribution in [0.3, 0.4) is 0 Å². The largest absolute Gasteiger partial charge is 0.393 e. The molecule has 0 radical (unpaired) electrons. The smallest absolute Gasteiger partial charge is 0.226 e. The van der Waals surface area contributed by atoms with Gasteiger partial charge in [-0.05, 0) is 12.8 Å². The molecule has 0 aromatic carbocycles. The molecule has 0 aliphatic rings. The van der Waals surface area contributed by atoms with E-state index in [1.807, 2.05) is 0 Å². The van der Waals surface area contributed by atoms with Gasteiger partial charge in [0.05, 0.1) is 6.10 Å². The van der Waals surface area contributed by atoms with Crippen molar-refractivity contribution in [3.8, 4) is 0 Å². The van der Waals surface area contributed by atoms with Crippen molar-refractivity contribution in [2.75, 3.05) is 17.9 Å². The Morgan fingerprint density at radius 3 is 2.20 bits per heavy atom. The van der Waals surface area contributed by atoms with Crippen LogP contribution in [0, 0.1) is 0 Å². The van der Waals surface area contributed by atoms with Crippen molar-refractivity contribution in [2.24, 2.45) is 0 Å². The average Bonchev–Trinajstić information content (AvgIpc) is 1.98. The molecule has 2 N–H and O–H groups in total. The second kappa shape index (κ2) is 5.78.